The maximum atomic E-state index is 13.7. The second-order valence-electron chi connectivity index (χ2n) is 4.93. The lowest BCUT2D eigenvalue weighted by Crippen LogP contribution is -2.32. The van der Waals surface area contributed by atoms with Crippen molar-refractivity contribution in [3.8, 4) is 0 Å². The molecule has 2 heteroatoms. The van der Waals surface area contributed by atoms with Gasteiger partial charge in [0.15, 0.2) is 0 Å². The minimum Gasteiger partial charge on any atom is -0.330 e. The number of rotatable bonds is 7. The average molecular weight is 237 g/mol. The van der Waals surface area contributed by atoms with Crippen LogP contribution in [-0.2, 0) is 6.42 Å². The first-order valence-electron chi connectivity index (χ1n) is 6.61. The topological polar surface area (TPSA) is 26.0 Å². The molecular weight excluding hydrogens is 213 g/mol. The smallest absolute Gasteiger partial charge is 0.126 e. The highest BCUT2D eigenvalue weighted by molar-refractivity contribution is 5.19. The zero-order chi connectivity index (χ0) is 12.7. The highest BCUT2D eigenvalue weighted by atomic mass is 19.1. The van der Waals surface area contributed by atoms with E-state index in [0.717, 1.165) is 24.8 Å². The van der Waals surface area contributed by atoms with Gasteiger partial charge in [-0.2, -0.15) is 0 Å². The lowest BCUT2D eigenvalue weighted by molar-refractivity contribution is 0.248. The summed E-state index contributed by atoms with van der Waals surface area (Å²) in [6.45, 7) is 4.97. The molecule has 0 heterocycles. The van der Waals surface area contributed by atoms with Crippen LogP contribution in [0, 0.1) is 11.2 Å². The van der Waals surface area contributed by atoms with E-state index in [1.165, 1.54) is 18.9 Å². The fourth-order valence-corrected chi connectivity index (χ4v) is 2.31. The molecule has 1 rings (SSSR count). The van der Waals surface area contributed by atoms with E-state index in [9.17, 15) is 4.39 Å². The van der Waals surface area contributed by atoms with Crippen LogP contribution < -0.4 is 5.73 Å². The first-order chi connectivity index (χ1) is 8.17. The SMILES string of the molecule is CCCCC(CC)(CN)Cc1ccccc1F. The maximum absolute atomic E-state index is 13.7. The molecule has 0 radical (unpaired) electrons. The Hall–Kier alpha value is -0.890. The molecule has 1 aromatic carbocycles. The van der Waals surface area contributed by atoms with Gasteiger partial charge in [-0.1, -0.05) is 44.9 Å². The van der Waals surface area contributed by atoms with Crippen molar-refractivity contribution in [1.29, 1.82) is 0 Å². The van der Waals surface area contributed by atoms with Gasteiger partial charge in [0.1, 0.15) is 5.82 Å². The first-order valence-corrected chi connectivity index (χ1v) is 6.61. The van der Waals surface area contributed by atoms with Crippen LogP contribution in [0.1, 0.15) is 45.1 Å². The molecule has 0 aromatic heterocycles. The van der Waals surface area contributed by atoms with E-state index in [0.29, 0.717) is 6.54 Å². The van der Waals surface area contributed by atoms with Gasteiger partial charge >= 0.3 is 0 Å². The van der Waals surface area contributed by atoms with Gasteiger partial charge in [0.25, 0.3) is 0 Å². The molecule has 0 aliphatic rings. The van der Waals surface area contributed by atoms with Crippen LogP contribution in [-0.4, -0.2) is 6.54 Å². The molecule has 1 aromatic rings. The largest absolute Gasteiger partial charge is 0.330 e. The van der Waals surface area contributed by atoms with E-state index in [2.05, 4.69) is 13.8 Å². The fraction of sp³-hybridized carbons (Fsp3) is 0.600. The summed E-state index contributed by atoms with van der Waals surface area (Å²) in [7, 11) is 0. The molecule has 0 bridgehead atoms. The van der Waals surface area contributed by atoms with Crippen LogP contribution in [0.2, 0.25) is 0 Å². The van der Waals surface area contributed by atoms with Crippen molar-refractivity contribution in [2.24, 2.45) is 11.1 Å². The molecule has 17 heavy (non-hydrogen) atoms. The number of hydrogen-bond acceptors (Lipinski definition) is 1. The van der Waals surface area contributed by atoms with Crippen LogP contribution in [0.25, 0.3) is 0 Å². The molecule has 1 atom stereocenters. The zero-order valence-corrected chi connectivity index (χ0v) is 11.0. The molecule has 0 amide bonds. The summed E-state index contributed by atoms with van der Waals surface area (Å²) in [5.74, 6) is -0.102. The third-order valence-corrected chi connectivity index (χ3v) is 3.77. The number of hydrogen-bond donors (Lipinski definition) is 1. The molecule has 0 aliphatic heterocycles. The molecule has 1 nitrogen and oxygen atoms in total. The summed E-state index contributed by atoms with van der Waals surface area (Å²) < 4.78 is 13.7. The summed E-state index contributed by atoms with van der Waals surface area (Å²) in [6, 6.07) is 7.05. The van der Waals surface area contributed by atoms with Gasteiger partial charge in [-0.15, -0.1) is 0 Å². The second kappa shape index (κ2) is 6.75. The molecular formula is C15H24FN. The van der Waals surface area contributed by atoms with Crippen molar-refractivity contribution in [2.45, 2.75) is 46.0 Å². The highest BCUT2D eigenvalue weighted by Gasteiger charge is 2.27. The lowest BCUT2D eigenvalue weighted by Gasteiger charge is -2.31. The molecule has 0 saturated carbocycles. The summed E-state index contributed by atoms with van der Waals surface area (Å²) >= 11 is 0. The van der Waals surface area contributed by atoms with Gasteiger partial charge in [0.2, 0.25) is 0 Å². The third kappa shape index (κ3) is 3.81. The van der Waals surface area contributed by atoms with E-state index < -0.39 is 0 Å². The molecule has 0 saturated heterocycles. The van der Waals surface area contributed by atoms with Crippen LogP contribution in [0.5, 0.6) is 0 Å². The molecule has 1 unspecified atom stereocenters. The zero-order valence-electron chi connectivity index (χ0n) is 11.0. The predicted octanol–water partition coefficient (Wildman–Crippen LogP) is 3.91. The first kappa shape index (κ1) is 14.2. The van der Waals surface area contributed by atoms with E-state index >= 15 is 0 Å². The van der Waals surface area contributed by atoms with Gasteiger partial charge in [0, 0.05) is 0 Å². The van der Waals surface area contributed by atoms with E-state index in [-0.39, 0.29) is 11.2 Å². The van der Waals surface area contributed by atoms with Crippen molar-refractivity contribution in [3.05, 3.63) is 35.6 Å². The van der Waals surface area contributed by atoms with Crippen molar-refractivity contribution >= 4 is 0 Å². The second-order valence-corrected chi connectivity index (χ2v) is 4.93. The lowest BCUT2D eigenvalue weighted by atomic mass is 9.75. The summed E-state index contributed by atoms with van der Waals surface area (Å²) in [6.07, 6.45) is 5.19. The molecule has 0 spiro atoms. The Morgan fingerprint density at radius 1 is 1.24 bits per heavy atom. The van der Waals surface area contributed by atoms with E-state index in [1.54, 1.807) is 6.07 Å². The minimum absolute atomic E-state index is 0.0677. The van der Waals surface area contributed by atoms with Gasteiger partial charge in [-0.25, -0.2) is 4.39 Å². The Labute approximate surface area is 104 Å². The molecule has 96 valence electrons. The van der Waals surface area contributed by atoms with E-state index in [4.69, 9.17) is 5.73 Å². The van der Waals surface area contributed by atoms with Crippen LogP contribution in [0.15, 0.2) is 24.3 Å². The predicted molar refractivity (Wildman–Crippen MR) is 71.4 cm³/mol. The average Bonchev–Trinajstić information content (AvgIpc) is 2.37. The van der Waals surface area contributed by atoms with Gasteiger partial charge < -0.3 is 5.73 Å². The summed E-state index contributed by atoms with van der Waals surface area (Å²) in [5.41, 5.74) is 6.80. The summed E-state index contributed by atoms with van der Waals surface area (Å²) in [5, 5.41) is 0. The monoisotopic (exact) mass is 237 g/mol. The Balaban J connectivity index is 2.82. The minimum atomic E-state index is -0.102. The molecule has 0 fully saturated rings. The number of nitrogens with two attached hydrogens (primary N) is 1. The van der Waals surface area contributed by atoms with Gasteiger partial charge in [-0.3, -0.25) is 0 Å². The molecule has 2 N–H and O–H groups in total. The normalized spacial score (nSPS) is 14.6. The van der Waals surface area contributed by atoms with Gasteiger partial charge in [0.05, 0.1) is 0 Å². The van der Waals surface area contributed by atoms with E-state index in [1.807, 2.05) is 12.1 Å². The standard InChI is InChI=1S/C15H24FN/c1-3-5-10-15(4-2,12-17)11-13-8-6-7-9-14(13)16/h6-9H,3-5,10-12,17H2,1-2H3. The van der Waals surface area contributed by atoms with Gasteiger partial charge in [-0.05, 0) is 42.9 Å². The maximum Gasteiger partial charge on any atom is 0.126 e. The van der Waals surface area contributed by atoms with Crippen LogP contribution >= 0.6 is 0 Å². The Kier molecular flexibility index (Phi) is 5.63. The summed E-state index contributed by atoms with van der Waals surface area (Å²) in [4.78, 5) is 0. The Morgan fingerprint density at radius 2 is 1.94 bits per heavy atom. The van der Waals surface area contributed by atoms with Crippen molar-refractivity contribution in [1.82, 2.24) is 0 Å². The number of halogens is 1. The van der Waals surface area contributed by atoms with Crippen LogP contribution in [0.3, 0.4) is 0 Å². The highest BCUT2D eigenvalue weighted by Crippen LogP contribution is 2.32. The third-order valence-electron chi connectivity index (χ3n) is 3.77. The number of unbranched alkanes of at least 4 members (excludes halogenated alkanes) is 1. The quantitative estimate of drug-likeness (QED) is 0.764. The fourth-order valence-electron chi connectivity index (χ4n) is 2.31. The van der Waals surface area contributed by atoms with Crippen molar-refractivity contribution < 1.29 is 4.39 Å². The van der Waals surface area contributed by atoms with Crippen molar-refractivity contribution in [2.75, 3.05) is 6.54 Å². The van der Waals surface area contributed by atoms with Crippen molar-refractivity contribution in [3.63, 3.8) is 0 Å². The Morgan fingerprint density at radius 3 is 2.47 bits per heavy atom. The molecule has 0 aliphatic carbocycles. The Bertz CT molecular complexity index is 331. The van der Waals surface area contributed by atoms with Crippen LogP contribution in [0.4, 0.5) is 4.39 Å². The number of benzene rings is 1.